The van der Waals surface area contributed by atoms with Crippen LogP contribution < -0.4 is 4.90 Å². The zero-order valence-electron chi connectivity index (χ0n) is 16.1. The average molecular weight is 351 g/mol. The van der Waals surface area contributed by atoms with E-state index in [0.717, 1.165) is 36.9 Å². The third-order valence-electron chi connectivity index (χ3n) is 5.88. The summed E-state index contributed by atoms with van der Waals surface area (Å²) in [5.41, 5.74) is 2.28. The maximum atomic E-state index is 12.8. The van der Waals surface area contributed by atoms with Crippen molar-refractivity contribution in [1.82, 2.24) is 9.88 Å². The lowest BCUT2D eigenvalue weighted by Gasteiger charge is -2.35. The second-order valence-corrected chi connectivity index (χ2v) is 8.31. The number of pyridine rings is 1. The fraction of sp³-hybridized carbons (Fsp3) is 0.545. The van der Waals surface area contributed by atoms with E-state index in [1.807, 2.05) is 6.07 Å². The Kier molecular flexibility index (Phi) is 4.60. The maximum absolute atomic E-state index is 12.8. The molecule has 0 N–H and O–H groups in total. The molecule has 26 heavy (non-hydrogen) atoms. The lowest BCUT2D eigenvalue weighted by Crippen LogP contribution is -2.47. The number of hydrogen-bond acceptors (Lipinski definition) is 3. The van der Waals surface area contributed by atoms with Gasteiger partial charge in [-0.15, -0.1) is 0 Å². The zero-order chi connectivity index (χ0) is 18.3. The molecule has 4 heteroatoms. The first-order valence-electron chi connectivity index (χ1n) is 9.93. The largest absolute Gasteiger partial charge is 0.354 e. The van der Waals surface area contributed by atoms with Gasteiger partial charge in [0, 0.05) is 31.4 Å². The van der Waals surface area contributed by atoms with Crippen LogP contribution in [0.5, 0.6) is 0 Å². The van der Waals surface area contributed by atoms with Crippen molar-refractivity contribution in [2.75, 3.05) is 24.5 Å². The van der Waals surface area contributed by atoms with Gasteiger partial charge in [0.2, 0.25) is 5.91 Å². The van der Waals surface area contributed by atoms with E-state index in [9.17, 15) is 4.79 Å². The Morgan fingerprint density at radius 1 is 1.23 bits per heavy atom. The SMILES string of the molecule is Cc1cc(N2CCC(=O)N(CC3CC3)[C@H](C(C)C)C2)nc2ccccc12. The van der Waals surface area contributed by atoms with E-state index in [0.29, 0.717) is 18.2 Å². The minimum Gasteiger partial charge on any atom is -0.354 e. The van der Waals surface area contributed by atoms with Crippen LogP contribution in [0.4, 0.5) is 5.82 Å². The van der Waals surface area contributed by atoms with E-state index in [1.165, 1.54) is 23.8 Å². The van der Waals surface area contributed by atoms with Crippen molar-refractivity contribution >= 4 is 22.6 Å². The summed E-state index contributed by atoms with van der Waals surface area (Å²) in [6.07, 6.45) is 3.15. The molecule has 4 rings (SSSR count). The van der Waals surface area contributed by atoms with E-state index in [1.54, 1.807) is 0 Å². The van der Waals surface area contributed by atoms with E-state index < -0.39 is 0 Å². The standard InChI is InChI=1S/C22H29N3O/c1-15(2)20-14-24(11-10-22(26)25(20)13-17-8-9-17)21-12-16(3)18-6-4-5-7-19(18)23-21/h4-7,12,15,17,20H,8-11,13-14H2,1-3H3/t20-/m0/s1. The van der Waals surface area contributed by atoms with E-state index in [-0.39, 0.29) is 6.04 Å². The number of amides is 1. The molecule has 1 aromatic carbocycles. The second kappa shape index (κ2) is 6.90. The predicted octanol–water partition coefficient (Wildman–Crippen LogP) is 4.02. The van der Waals surface area contributed by atoms with Gasteiger partial charge in [0.25, 0.3) is 0 Å². The molecule has 138 valence electrons. The van der Waals surface area contributed by atoms with E-state index in [2.05, 4.69) is 54.8 Å². The van der Waals surface area contributed by atoms with E-state index >= 15 is 0 Å². The molecule has 1 aromatic heterocycles. The number of benzene rings is 1. The molecule has 4 nitrogen and oxygen atoms in total. The normalized spacial score (nSPS) is 21.5. The van der Waals surface area contributed by atoms with Crippen molar-refractivity contribution in [1.29, 1.82) is 0 Å². The van der Waals surface area contributed by atoms with Crippen LogP contribution >= 0.6 is 0 Å². The average Bonchev–Trinajstić information content (AvgIpc) is 3.45. The fourth-order valence-electron chi connectivity index (χ4n) is 4.06. The molecule has 2 aromatic rings. The van der Waals surface area contributed by atoms with Crippen LogP contribution in [0.1, 0.15) is 38.7 Å². The van der Waals surface area contributed by atoms with Crippen molar-refractivity contribution in [3.05, 3.63) is 35.9 Å². The predicted molar refractivity (Wildman–Crippen MR) is 106 cm³/mol. The highest BCUT2D eigenvalue weighted by Gasteiger charge is 2.35. The summed E-state index contributed by atoms with van der Waals surface area (Å²) in [7, 11) is 0. The summed E-state index contributed by atoms with van der Waals surface area (Å²) >= 11 is 0. The minimum absolute atomic E-state index is 0.263. The zero-order valence-corrected chi connectivity index (χ0v) is 16.1. The molecule has 1 amide bonds. The first-order valence-corrected chi connectivity index (χ1v) is 9.93. The molecular weight excluding hydrogens is 322 g/mol. The third-order valence-corrected chi connectivity index (χ3v) is 5.88. The van der Waals surface area contributed by atoms with Gasteiger partial charge in [-0.2, -0.15) is 0 Å². The molecule has 1 saturated heterocycles. The smallest absolute Gasteiger partial charge is 0.224 e. The number of fused-ring (bicyclic) bond motifs is 1. The summed E-state index contributed by atoms with van der Waals surface area (Å²) in [5, 5.41) is 1.21. The van der Waals surface area contributed by atoms with Crippen LogP contribution in [0, 0.1) is 18.8 Å². The summed E-state index contributed by atoms with van der Waals surface area (Å²) in [4.78, 5) is 22.2. The Hall–Kier alpha value is -2.10. The van der Waals surface area contributed by atoms with Crippen LogP contribution in [0.2, 0.25) is 0 Å². The van der Waals surface area contributed by atoms with Gasteiger partial charge >= 0.3 is 0 Å². The third kappa shape index (κ3) is 3.42. The van der Waals surface area contributed by atoms with E-state index in [4.69, 9.17) is 4.98 Å². The molecule has 2 fully saturated rings. The van der Waals surface area contributed by atoms with Gasteiger partial charge in [-0.1, -0.05) is 32.0 Å². The molecule has 0 bridgehead atoms. The van der Waals surface area contributed by atoms with Gasteiger partial charge in [-0.05, 0) is 49.3 Å². The van der Waals surface area contributed by atoms with Crippen LogP contribution in [-0.4, -0.2) is 41.5 Å². The van der Waals surface area contributed by atoms with Crippen LogP contribution in [0.25, 0.3) is 10.9 Å². The van der Waals surface area contributed by atoms with Crippen molar-refractivity contribution in [3.8, 4) is 0 Å². The second-order valence-electron chi connectivity index (χ2n) is 8.31. The lowest BCUT2D eigenvalue weighted by molar-refractivity contribution is -0.133. The number of carbonyl (C=O) groups is 1. The number of hydrogen-bond donors (Lipinski definition) is 0. The summed E-state index contributed by atoms with van der Waals surface area (Å²) in [5.74, 6) is 2.50. The minimum atomic E-state index is 0.263. The van der Waals surface area contributed by atoms with Crippen molar-refractivity contribution < 1.29 is 4.79 Å². The molecular formula is C22H29N3O. The molecule has 1 aliphatic carbocycles. The first kappa shape index (κ1) is 17.3. The van der Waals surface area contributed by atoms with Crippen molar-refractivity contribution in [2.24, 2.45) is 11.8 Å². The Balaban J connectivity index is 1.65. The monoisotopic (exact) mass is 351 g/mol. The van der Waals surface area contributed by atoms with Gasteiger partial charge in [0.1, 0.15) is 5.82 Å². The molecule has 0 unspecified atom stereocenters. The number of aryl methyl sites for hydroxylation is 1. The number of carbonyl (C=O) groups excluding carboxylic acids is 1. The number of anilines is 1. The Morgan fingerprint density at radius 2 is 2.00 bits per heavy atom. The van der Waals surface area contributed by atoms with Gasteiger partial charge in [-0.25, -0.2) is 4.98 Å². The van der Waals surface area contributed by atoms with Gasteiger partial charge in [0.15, 0.2) is 0 Å². The highest BCUT2D eigenvalue weighted by Crippen LogP contribution is 2.33. The molecule has 2 heterocycles. The molecule has 1 atom stereocenters. The van der Waals surface area contributed by atoms with Crippen molar-refractivity contribution in [3.63, 3.8) is 0 Å². The maximum Gasteiger partial charge on any atom is 0.224 e. The molecule has 1 saturated carbocycles. The van der Waals surface area contributed by atoms with Gasteiger partial charge in [0.05, 0.1) is 11.6 Å². The highest BCUT2D eigenvalue weighted by atomic mass is 16.2. The summed E-state index contributed by atoms with van der Waals surface area (Å²) in [6.45, 7) is 9.20. The van der Waals surface area contributed by atoms with Gasteiger partial charge in [-0.3, -0.25) is 4.79 Å². The molecule has 2 aliphatic rings. The summed E-state index contributed by atoms with van der Waals surface area (Å²) < 4.78 is 0. The Morgan fingerprint density at radius 3 is 2.73 bits per heavy atom. The topological polar surface area (TPSA) is 36.4 Å². The molecule has 0 spiro atoms. The van der Waals surface area contributed by atoms with Crippen LogP contribution in [0.15, 0.2) is 30.3 Å². The number of aromatic nitrogens is 1. The quantitative estimate of drug-likeness (QED) is 0.835. The lowest BCUT2D eigenvalue weighted by atomic mass is 10.0. The molecule has 1 aliphatic heterocycles. The number of para-hydroxylation sites is 1. The highest BCUT2D eigenvalue weighted by molar-refractivity contribution is 5.84. The van der Waals surface area contributed by atoms with Crippen LogP contribution in [-0.2, 0) is 4.79 Å². The van der Waals surface area contributed by atoms with Crippen molar-refractivity contribution in [2.45, 2.75) is 46.1 Å². The first-order chi connectivity index (χ1) is 12.5. The number of rotatable bonds is 4. The number of nitrogens with zero attached hydrogens (tertiary/aromatic N) is 3. The summed E-state index contributed by atoms with van der Waals surface area (Å²) in [6, 6.07) is 10.8. The fourth-order valence-corrected chi connectivity index (χ4v) is 4.06. The van der Waals surface area contributed by atoms with Crippen LogP contribution in [0.3, 0.4) is 0 Å². The van der Waals surface area contributed by atoms with Gasteiger partial charge < -0.3 is 9.80 Å². The Bertz CT molecular complexity index is 812. The molecule has 0 radical (unpaired) electrons. The Labute approximate surface area is 156 Å².